The van der Waals surface area contributed by atoms with Crippen LogP contribution in [0.2, 0.25) is 0 Å². The first-order chi connectivity index (χ1) is 14.3. The van der Waals surface area contributed by atoms with Gasteiger partial charge in [0, 0.05) is 30.3 Å². The number of nitrogens with one attached hydrogen (secondary N) is 2. The Morgan fingerprint density at radius 1 is 1.03 bits per heavy atom. The summed E-state index contributed by atoms with van der Waals surface area (Å²) in [5.74, 6) is -1.71. The molecular formula is C20H25N3O7. The van der Waals surface area contributed by atoms with E-state index in [9.17, 15) is 19.2 Å². The number of benzene rings is 1. The fourth-order valence-electron chi connectivity index (χ4n) is 3.39. The highest BCUT2D eigenvalue weighted by Gasteiger charge is 2.35. The second-order valence-electron chi connectivity index (χ2n) is 6.91. The minimum Gasteiger partial charge on any atom is -0.497 e. The van der Waals surface area contributed by atoms with Gasteiger partial charge in [0.2, 0.25) is 0 Å². The van der Waals surface area contributed by atoms with Gasteiger partial charge in [0.15, 0.2) is 0 Å². The second kappa shape index (κ2) is 11.0. The molecule has 3 fully saturated rings. The molecular weight excluding hydrogens is 394 g/mol. The average molecular weight is 419 g/mol. The molecule has 0 aliphatic carbocycles. The fourth-order valence-corrected chi connectivity index (χ4v) is 3.39. The molecule has 0 saturated carbocycles. The maximum atomic E-state index is 12.0. The van der Waals surface area contributed by atoms with Crippen LogP contribution in [0.5, 0.6) is 5.75 Å². The maximum absolute atomic E-state index is 12.0. The van der Waals surface area contributed by atoms with Crippen LogP contribution in [-0.2, 0) is 9.59 Å². The molecule has 4 N–H and O–H groups in total. The Labute approximate surface area is 173 Å². The predicted octanol–water partition coefficient (Wildman–Crippen LogP) is 0.941. The van der Waals surface area contributed by atoms with Crippen molar-refractivity contribution in [2.75, 3.05) is 26.7 Å². The zero-order valence-corrected chi connectivity index (χ0v) is 16.5. The number of urea groups is 1. The summed E-state index contributed by atoms with van der Waals surface area (Å²) >= 11 is 0. The molecule has 0 spiro atoms. The van der Waals surface area contributed by atoms with Crippen molar-refractivity contribution >= 4 is 23.9 Å². The van der Waals surface area contributed by atoms with Crippen LogP contribution in [0.25, 0.3) is 0 Å². The van der Waals surface area contributed by atoms with E-state index >= 15 is 0 Å². The lowest BCUT2D eigenvalue weighted by Gasteiger charge is -2.44. The van der Waals surface area contributed by atoms with Crippen molar-refractivity contribution in [3.63, 3.8) is 0 Å². The summed E-state index contributed by atoms with van der Waals surface area (Å²) in [5.41, 5.74) is 0.435. The molecule has 162 valence electrons. The van der Waals surface area contributed by atoms with E-state index in [0.717, 1.165) is 32.5 Å². The van der Waals surface area contributed by atoms with Crippen molar-refractivity contribution in [3.05, 3.63) is 42.0 Å². The van der Waals surface area contributed by atoms with Gasteiger partial charge in [-0.05, 0) is 56.1 Å². The molecule has 3 saturated heterocycles. The summed E-state index contributed by atoms with van der Waals surface area (Å²) in [5, 5.41) is 21.0. The number of aliphatic carboxylic acids is 2. The van der Waals surface area contributed by atoms with Crippen LogP contribution in [0.1, 0.15) is 23.2 Å². The van der Waals surface area contributed by atoms with E-state index in [1.807, 2.05) is 0 Å². The average Bonchev–Trinajstić information content (AvgIpc) is 2.73. The number of carbonyl (C=O) groups excluding carboxylic acids is 2. The highest BCUT2D eigenvalue weighted by atomic mass is 16.5. The van der Waals surface area contributed by atoms with Gasteiger partial charge in [-0.2, -0.15) is 0 Å². The molecule has 0 radical (unpaired) electrons. The largest absolute Gasteiger partial charge is 0.497 e. The highest BCUT2D eigenvalue weighted by molar-refractivity contribution is 6.04. The molecule has 10 heteroatoms. The minimum absolute atomic E-state index is 0.145. The molecule has 30 heavy (non-hydrogen) atoms. The first-order valence-electron chi connectivity index (χ1n) is 9.40. The van der Waals surface area contributed by atoms with E-state index in [1.165, 1.54) is 0 Å². The Morgan fingerprint density at radius 3 is 2.03 bits per heavy atom. The molecule has 1 atom stereocenters. The first-order valence-corrected chi connectivity index (χ1v) is 9.40. The molecule has 3 aliphatic rings. The van der Waals surface area contributed by atoms with Gasteiger partial charge in [-0.15, -0.1) is 0 Å². The standard InChI is InChI=1S/C16H21N3O3.C4H4O4/c1-22-13-4-2-12(3-5-13)15(20)18-16(21)17-14-10-19-8-6-11(14)7-9-19;5-3(6)1-2-4(7)8/h2-5,11,14H,6-10H2,1H3,(H2,17,18,20,21);1-2H,(H,5,6)(H,7,8)/b;2-1-. The first kappa shape index (κ1) is 22.9. The molecule has 3 amide bonds. The predicted molar refractivity (Wildman–Crippen MR) is 106 cm³/mol. The van der Waals surface area contributed by atoms with Crippen LogP contribution in [0, 0.1) is 5.92 Å². The smallest absolute Gasteiger partial charge is 0.328 e. The number of carbonyl (C=O) groups is 4. The van der Waals surface area contributed by atoms with Crippen molar-refractivity contribution in [2.45, 2.75) is 18.9 Å². The number of rotatable bonds is 5. The Kier molecular flexibility index (Phi) is 8.36. The van der Waals surface area contributed by atoms with Crippen LogP contribution >= 0.6 is 0 Å². The highest BCUT2D eigenvalue weighted by Crippen LogP contribution is 2.27. The van der Waals surface area contributed by atoms with Crippen molar-refractivity contribution in [2.24, 2.45) is 5.92 Å². The van der Waals surface area contributed by atoms with E-state index in [2.05, 4.69) is 15.5 Å². The number of methoxy groups -OCH3 is 1. The zero-order valence-electron chi connectivity index (χ0n) is 16.5. The third-order valence-corrected chi connectivity index (χ3v) is 4.92. The second-order valence-corrected chi connectivity index (χ2v) is 6.91. The number of hydrogen-bond acceptors (Lipinski definition) is 6. The summed E-state index contributed by atoms with van der Waals surface area (Å²) in [6, 6.07) is 6.39. The van der Waals surface area contributed by atoms with E-state index in [-0.39, 0.29) is 6.04 Å². The number of carboxylic acids is 2. The summed E-state index contributed by atoms with van der Waals surface area (Å²) in [6.07, 6.45) is 3.36. The van der Waals surface area contributed by atoms with Gasteiger partial charge in [0.1, 0.15) is 5.75 Å². The Morgan fingerprint density at radius 2 is 1.60 bits per heavy atom. The molecule has 1 aromatic rings. The molecule has 2 bridgehead atoms. The van der Waals surface area contributed by atoms with Gasteiger partial charge in [-0.1, -0.05) is 0 Å². The Bertz CT molecular complexity index is 783. The molecule has 1 unspecified atom stereocenters. The van der Waals surface area contributed by atoms with Gasteiger partial charge >= 0.3 is 18.0 Å². The summed E-state index contributed by atoms with van der Waals surface area (Å²) < 4.78 is 5.04. The summed E-state index contributed by atoms with van der Waals surface area (Å²) in [7, 11) is 1.57. The number of piperidine rings is 3. The fraction of sp³-hybridized carbons (Fsp3) is 0.400. The lowest BCUT2D eigenvalue weighted by atomic mass is 9.84. The molecule has 0 aromatic heterocycles. The van der Waals surface area contributed by atoms with Crippen LogP contribution < -0.4 is 15.4 Å². The van der Waals surface area contributed by atoms with Crippen LogP contribution in [0.4, 0.5) is 4.79 Å². The zero-order chi connectivity index (χ0) is 22.1. The number of imide groups is 1. The minimum atomic E-state index is -1.26. The molecule has 10 nitrogen and oxygen atoms in total. The van der Waals surface area contributed by atoms with Crippen molar-refractivity contribution in [1.29, 1.82) is 0 Å². The Hall–Kier alpha value is -3.40. The van der Waals surface area contributed by atoms with E-state index in [1.54, 1.807) is 31.4 Å². The molecule has 3 heterocycles. The summed E-state index contributed by atoms with van der Waals surface area (Å²) in [4.78, 5) is 45.5. The van der Waals surface area contributed by atoms with Gasteiger partial charge in [-0.3, -0.25) is 10.1 Å². The van der Waals surface area contributed by atoms with Crippen LogP contribution in [0.15, 0.2) is 36.4 Å². The van der Waals surface area contributed by atoms with Crippen molar-refractivity contribution < 1.29 is 34.1 Å². The van der Waals surface area contributed by atoms with Gasteiger partial charge in [-0.25, -0.2) is 14.4 Å². The number of carboxylic acid groups (broad SMARTS) is 2. The van der Waals surface area contributed by atoms with Crippen LogP contribution in [-0.4, -0.2) is 71.8 Å². The maximum Gasteiger partial charge on any atom is 0.328 e. The molecule has 1 aromatic carbocycles. The molecule has 4 rings (SSSR count). The Balaban J connectivity index is 0.000000343. The summed E-state index contributed by atoms with van der Waals surface area (Å²) in [6.45, 7) is 3.12. The van der Waals surface area contributed by atoms with Crippen molar-refractivity contribution in [1.82, 2.24) is 15.5 Å². The number of hydrogen-bond donors (Lipinski definition) is 4. The lowest BCUT2D eigenvalue weighted by Crippen LogP contribution is -2.59. The topological polar surface area (TPSA) is 145 Å². The normalized spacial score (nSPS) is 21.8. The van der Waals surface area contributed by atoms with E-state index < -0.39 is 23.9 Å². The third-order valence-electron chi connectivity index (χ3n) is 4.92. The third kappa shape index (κ3) is 7.21. The quantitative estimate of drug-likeness (QED) is 0.516. The van der Waals surface area contributed by atoms with E-state index in [4.69, 9.17) is 14.9 Å². The number of amides is 3. The van der Waals surface area contributed by atoms with Crippen molar-refractivity contribution in [3.8, 4) is 5.75 Å². The monoisotopic (exact) mass is 419 g/mol. The van der Waals surface area contributed by atoms with Crippen LogP contribution in [0.3, 0.4) is 0 Å². The lowest BCUT2D eigenvalue weighted by molar-refractivity contribution is -0.134. The van der Waals surface area contributed by atoms with E-state index in [0.29, 0.717) is 29.4 Å². The SMILES string of the molecule is COc1ccc(C(=O)NC(=O)NC2CN3CCC2CC3)cc1.O=C(O)/C=C\C(=O)O. The van der Waals surface area contributed by atoms with Gasteiger partial charge < -0.3 is 25.2 Å². The number of nitrogens with zero attached hydrogens (tertiary/aromatic N) is 1. The van der Waals surface area contributed by atoms with Gasteiger partial charge in [0.05, 0.1) is 7.11 Å². The number of ether oxygens (including phenoxy) is 1. The number of fused-ring (bicyclic) bond motifs is 3. The van der Waals surface area contributed by atoms with Gasteiger partial charge in [0.25, 0.3) is 5.91 Å². The molecule has 3 aliphatic heterocycles.